The molecule has 0 unspecified atom stereocenters. The third kappa shape index (κ3) is 2.82. The van der Waals surface area contributed by atoms with Gasteiger partial charge in [0.15, 0.2) is 0 Å². The van der Waals surface area contributed by atoms with Crippen LogP contribution in [0.2, 0.25) is 5.02 Å². The van der Waals surface area contributed by atoms with Gasteiger partial charge >= 0.3 is 0 Å². The molecule has 0 aliphatic carbocycles. The van der Waals surface area contributed by atoms with Crippen molar-refractivity contribution in [1.82, 2.24) is 9.97 Å². The molecule has 0 bridgehead atoms. The van der Waals surface area contributed by atoms with Gasteiger partial charge in [-0.15, -0.1) is 0 Å². The van der Waals surface area contributed by atoms with Gasteiger partial charge in [-0.05, 0) is 12.5 Å². The van der Waals surface area contributed by atoms with Gasteiger partial charge < -0.3 is 20.1 Å². The number of methoxy groups -OCH3 is 1. The van der Waals surface area contributed by atoms with Crippen LogP contribution in [0.4, 0.5) is 11.8 Å². The molecule has 0 radical (unpaired) electrons. The third-order valence-corrected chi connectivity index (χ3v) is 3.79. The van der Waals surface area contributed by atoms with Crippen molar-refractivity contribution in [2.24, 2.45) is 0 Å². The molecule has 1 aliphatic rings. The van der Waals surface area contributed by atoms with E-state index in [-0.39, 0.29) is 0 Å². The Hall–Kier alpha value is -1.79. The van der Waals surface area contributed by atoms with Crippen molar-refractivity contribution >= 4 is 34.3 Å². The lowest BCUT2D eigenvalue weighted by Crippen LogP contribution is -2.28. The minimum Gasteiger partial charge on any atom is -0.495 e. The second-order valence-electron chi connectivity index (χ2n) is 4.87. The number of nitrogens with two attached hydrogens (primary N) is 1. The summed E-state index contributed by atoms with van der Waals surface area (Å²) in [7, 11) is 1.57. The standard InChI is InChI=1S/C14H17ClN4O2/c1-20-12-8-11-9(7-10(12)15)13(16)18-14(17-11)19-3-2-5-21-6-4-19/h7-8H,2-6H2,1H3,(H2,16,17,18). The van der Waals surface area contributed by atoms with Gasteiger partial charge in [0.05, 0.1) is 24.3 Å². The van der Waals surface area contributed by atoms with E-state index in [4.69, 9.17) is 26.8 Å². The predicted octanol–water partition coefficient (Wildman–Crippen LogP) is 2.10. The number of nitrogens with zero attached hydrogens (tertiary/aromatic N) is 3. The van der Waals surface area contributed by atoms with Crippen LogP contribution >= 0.6 is 11.6 Å². The van der Waals surface area contributed by atoms with Crippen LogP contribution in [-0.2, 0) is 4.74 Å². The average Bonchev–Trinajstić information content (AvgIpc) is 2.76. The van der Waals surface area contributed by atoms with Gasteiger partial charge in [-0.1, -0.05) is 11.6 Å². The van der Waals surface area contributed by atoms with Crippen LogP contribution in [0.25, 0.3) is 10.9 Å². The first-order valence-corrected chi connectivity index (χ1v) is 7.20. The fourth-order valence-electron chi connectivity index (χ4n) is 2.38. The molecule has 6 nitrogen and oxygen atoms in total. The van der Waals surface area contributed by atoms with Crippen LogP contribution < -0.4 is 15.4 Å². The van der Waals surface area contributed by atoms with Crippen molar-refractivity contribution in [2.75, 3.05) is 44.0 Å². The van der Waals surface area contributed by atoms with E-state index < -0.39 is 0 Å². The number of nitrogen functional groups attached to an aromatic ring is 1. The summed E-state index contributed by atoms with van der Waals surface area (Å²) in [6, 6.07) is 3.52. The zero-order valence-corrected chi connectivity index (χ0v) is 12.6. The average molecular weight is 309 g/mol. The lowest BCUT2D eigenvalue weighted by atomic mass is 10.2. The molecule has 7 heteroatoms. The summed E-state index contributed by atoms with van der Waals surface area (Å²) < 4.78 is 10.7. The molecule has 0 spiro atoms. The van der Waals surface area contributed by atoms with Gasteiger partial charge in [0.1, 0.15) is 11.6 Å². The largest absolute Gasteiger partial charge is 0.495 e. The van der Waals surface area contributed by atoms with Gasteiger partial charge in [-0.2, -0.15) is 4.98 Å². The Morgan fingerprint density at radius 1 is 1.29 bits per heavy atom. The van der Waals surface area contributed by atoms with Gasteiger partial charge in [0.25, 0.3) is 0 Å². The van der Waals surface area contributed by atoms with E-state index >= 15 is 0 Å². The summed E-state index contributed by atoms with van der Waals surface area (Å²) in [6.07, 6.45) is 0.950. The van der Waals surface area contributed by atoms with Gasteiger partial charge in [0.2, 0.25) is 5.95 Å². The van der Waals surface area contributed by atoms with Crippen LogP contribution in [0.5, 0.6) is 5.75 Å². The molecule has 0 amide bonds. The number of hydrogen-bond acceptors (Lipinski definition) is 6. The molecule has 3 rings (SSSR count). The Kier molecular flexibility index (Phi) is 3.98. The first kappa shape index (κ1) is 14.2. The molecule has 112 valence electrons. The van der Waals surface area contributed by atoms with Crippen LogP contribution in [0.1, 0.15) is 6.42 Å². The summed E-state index contributed by atoms with van der Waals surface area (Å²) in [5, 5.41) is 1.23. The fraction of sp³-hybridized carbons (Fsp3) is 0.429. The first-order chi connectivity index (χ1) is 10.2. The van der Waals surface area contributed by atoms with E-state index in [1.807, 2.05) is 0 Å². The molecule has 21 heavy (non-hydrogen) atoms. The molecule has 0 atom stereocenters. The number of aromatic nitrogens is 2. The van der Waals surface area contributed by atoms with E-state index in [2.05, 4.69) is 14.9 Å². The van der Waals surface area contributed by atoms with E-state index in [1.165, 1.54) is 0 Å². The van der Waals surface area contributed by atoms with E-state index in [0.29, 0.717) is 29.1 Å². The Morgan fingerprint density at radius 3 is 2.95 bits per heavy atom. The van der Waals surface area contributed by atoms with Crippen molar-refractivity contribution in [3.63, 3.8) is 0 Å². The van der Waals surface area contributed by atoms with Crippen molar-refractivity contribution in [3.05, 3.63) is 17.2 Å². The molecule has 1 saturated heterocycles. The highest BCUT2D eigenvalue weighted by Gasteiger charge is 2.16. The van der Waals surface area contributed by atoms with Gasteiger partial charge in [0, 0.05) is 31.1 Å². The molecule has 1 aromatic heterocycles. The van der Waals surface area contributed by atoms with Crippen molar-refractivity contribution in [2.45, 2.75) is 6.42 Å². The molecule has 2 N–H and O–H groups in total. The Labute approximate surface area is 127 Å². The Balaban J connectivity index is 2.06. The highest BCUT2D eigenvalue weighted by atomic mass is 35.5. The quantitative estimate of drug-likeness (QED) is 0.916. The first-order valence-electron chi connectivity index (χ1n) is 6.82. The summed E-state index contributed by atoms with van der Waals surface area (Å²) in [5.74, 6) is 1.62. The molecule has 2 aromatic rings. The van der Waals surface area contributed by atoms with Crippen LogP contribution in [0.3, 0.4) is 0 Å². The number of fused-ring (bicyclic) bond motifs is 1. The smallest absolute Gasteiger partial charge is 0.227 e. The normalized spacial score (nSPS) is 16.0. The number of anilines is 2. The van der Waals surface area contributed by atoms with Crippen molar-refractivity contribution in [3.8, 4) is 5.75 Å². The lowest BCUT2D eigenvalue weighted by Gasteiger charge is -2.20. The Morgan fingerprint density at radius 2 is 2.14 bits per heavy atom. The molecule has 1 aliphatic heterocycles. The minimum atomic E-state index is 0.421. The number of benzene rings is 1. The number of halogens is 1. The monoisotopic (exact) mass is 308 g/mol. The van der Waals surface area contributed by atoms with Gasteiger partial charge in [-0.25, -0.2) is 4.98 Å². The summed E-state index contributed by atoms with van der Waals surface area (Å²) in [6.45, 7) is 3.06. The second-order valence-corrected chi connectivity index (χ2v) is 5.27. The van der Waals surface area contributed by atoms with Crippen LogP contribution in [0.15, 0.2) is 12.1 Å². The number of rotatable bonds is 2. The van der Waals surface area contributed by atoms with Gasteiger partial charge in [-0.3, -0.25) is 0 Å². The molecule has 1 aromatic carbocycles. The van der Waals surface area contributed by atoms with Crippen molar-refractivity contribution < 1.29 is 9.47 Å². The van der Waals surface area contributed by atoms with Crippen LogP contribution in [-0.4, -0.2) is 43.4 Å². The zero-order valence-electron chi connectivity index (χ0n) is 11.8. The fourth-order valence-corrected chi connectivity index (χ4v) is 2.63. The summed E-state index contributed by atoms with van der Waals surface area (Å²) in [4.78, 5) is 11.1. The molecule has 1 fully saturated rings. The zero-order chi connectivity index (χ0) is 14.8. The van der Waals surface area contributed by atoms with E-state index in [0.717, 1.165) is 37.0 Å². The topological polar surface area (TPSA) is 73.5 Å². The highest BCUT2D eigenvalue weighted by molar-refractivity contribution is 6.33. The SMILES string of the molecule is COc1cc2nc(N3CCCOCC3)nc(N)c2cc1Cl. The summed E-state index contributed by atoms with van der Waals surface area (Å²) >= 11 is 6.12. The second kappa shape index (κ2) is 5.91. The maximum absolute atomic E-state index is 6.12. The predicted molar refractivity (Wildman–Crippen MR) is 83.2 cm³/mol. The number of ether oxygens (including phenoxy) is 2. The Bertz CT molecular complexity index is 657. The van der Waals surface area contributed by atoms with Crippen molar-refractivity contribution in [1.29, 1.82) is 0 Å². The minimum absolute atomic E-state index is 0.421. The van der Waals surface area contributed by atoms with E-state index in [9.17, 15) is 0 Å². The molecule has 0 saturated carbocycles. The summed E-state index contributed by atoms with van der Waals surface area (Å²) in [5.41, 5.74) is 6.78. The third-order valence-electron chi connectivity index (χ3n) is 3.49. The molecular formula is C14H17ClN4O2. The van der Waals surface area contributed by atoms with E-state index in [1.54, 1.807) is 19.2 Å². The molecule has 2 heterocycles. The number of hydrogen-bond donors (Lipinski definition) is 1. The highest BCUT2D eigenvalue weighted by Crippen LogP contribution is 2.32. The maximum atomic E-state index is 6.12. The maximum Gasteiger partial charge on any atom is 0.227 e. The molecular weight excluding hydrogens is 292 g/mol. The van der Waals surface area contributed by atoms with Crippen LogP contribution in [0, 0.1) is 0 Å². The lowest BCUT2D eigenvalue weighted by molar-refractivity contribution is 0.152.